The lowest BCUT2D eigenvalue weighted by Crippen LogP contribution is -2.05. The van der Waals surface area contributed by atoms with Crippen molar-refractivity contribution in [1.29, 1.82) is 0 Å². The lowest BCUT2D eigenvalue weighted by Gasteiger charge is -2.26. The Morgan fingerprint density at radius 3 is 1.77 bits per heavy atom. The molecule has 40 heavy (non-hydrogen) atoms. The van der Waals surface area contributed by atoms with Gasteiger partial charge in [0.25, 0.3) is 0 Å². The van der Waals surface area contributed by atoms with Crippen LogP contribution in [-0.4, -0.2) is 0 Å². The maximum Gasteiger partial charge on any atom is -0.000673 e. The zero-order valence-electron chi connectivity index (χ0n) is 23.4. The Kier molecular flexibility index (Phi) is 6.33. The van der Waals surface area contributed by atoms with Gasteiger partial charge in [0.15, 0.2) is 0 Å². The van der Waals surface area contributed by atoms with E-state index >= 15 is 0 Å². The minimum absolute atomic E-state index is 0.979. The number of benzene rings is 5. The molecule has 0 radical (unpaired) electrons. The maximum atomic E-state index is 2.48. The second-order valence-corrected chi connectivity index (χ2v) is 10.9. The first-order valence-corrected chi connectivity index (χ1v) is 14.7. The van der Waals surface area contributed by atoms with Crippen molar-refractivity contribution in [3.8, 4) is 44.5 Å². The molecule has 5 aromatic carbocycles. The summed E-state index contributed by atoms with van der Waals surface area (Å²) in [7, 11) is 0. The van der Waals surface area contributed by atoms with Gasteiger partial charge in [0, 0.05) is 0 Å². The summed E-state index contributed by atoms with van der Waals surface area (Å²) in [6, 6.07) is 38.2. The number of rotatable bonds is 6. The Balaban J connectivity index is 1.68. The molecule has 0 aromatic heterocycles. The fraction of sp³-hybridized carbons (Fsp3) is 0.150. The first-order valence-electron chi connectivity index (χ1n) is 14.7. The van der Waals surface area contributed by atoms with Gasteiger partial charge in [-0.3, -0.25) is 0 Å². The van der Waals surface area contributed by atoms with Crippen LogP contribution in [0.4, 0.5) is 0 Å². The Labute approximate surface area is 238 Å². The highest BCUT2D eigenvalue weighted by Crippen LogP contribution is 2.55. The van der Waals surface area contributed by atoms with E-state index in [9.17, 15) is 0 Å². The lowest BCUT2D eigenvalue weighted by molar-refractivity contribution is 1.10. The van der Waals surface area contributed by atoms with Crippen LogP contribution in [0.15, 0.2) is 121 Å². The topological polar surface area (TPSA) is 0 Å². The fourth-order valence-electron chi connectivity index (χ4n) is 6.95. The summed E-state index contributed by atoms with van der Waals surface area (Å²) in [4.78, 5) is 0. The Morgan fingerprint density at radius 2 is 1.20 bits per heavy atom. The second-order valence-electron chi connectivity index (χ2n) is 10.9. The number of hydrogen-bond donors (Lipinski definition) is 0. The highest BCUT2D eigenvalue weighted by atomic mass is 14.4. The molecule has 0 unspecified atom stereocenters. The summed E-state index contributed by atoms with van der Waals surface area (Å²) in [6.45, 7) is 4.61. The molecule has 0 atom stereocenters. The smallest absolute Gasteiger partial charge is 0.000673 e. The van der Waals surface area contributed by atoms with E-state index in [4.69, 9.17) is 0 Å². The van der Waals surface area contributed by atoms with Crippen molar-refractivity contribution in [3.63, 3.8) is 0 Å². The van der Waals surface area contributed by atoms with Gasteiger partial charge in [-0.25, -0.2) is 0 Å². The zero-order valence-corrected chi connectivity index (χ0v) is 23.4. The Morgan fingerprint density at radius 1 is 0.575 bits per heavy atom. The van der Waals surface area contributed by atoms with Crippen molar-refractivity contribution in [2.24, 2.45) is 0 Å². The van der Waals surface area contributed by atoms with Gasteiger partial charge in [0.2, 0.25) is 0 Å². The van der Waals surface area contributed by atoms with Crippen LogP contribution < -0.4 is 0 Å². The molecule has 7 rings (SSSR count). The summed E-state index contributed by atoms with van der Waals surface area (Å²) in [5.74, 6) is 0. The molecule has 0 aliphatic heterocycles. The molecule has 0 fully saturated rings. The third kappa shape index (κ3) is 3.98. The van der Waals surface area contributed by atoms with Gasteiger partial charge in [-0.05, 0) is 104 Å². The van der Waals surface area contributed by atoms with Gasteiger partial charge < -0.3 is 0 Å². The van der Waals surface area contributed by atoms with E-state index < -0.39 is 0 Å². The number of hydrogen-bond acceptors (Lipinski definition) is 0. The van der Waals surface area contributed by atoms with E-state index in [1.165, 1.54) is 77.9 Å². The molecule has 0 spiro atoms. The molecule has 194 valence electrons. The molecule has 2 aliphatic rings. The van der Waals surface area contributed by atoms with Gasteiger partial charge >= 0.3 is 0 Å². The van der Waals surface area contributed by atoms with E-state index in [2.05, 4.69) is 135 Å². The van der Waals surface area contributed by atoms with E-state index in [1.54, 1.807) is 0 Å². The first kappa shape index (κ1) is 24.6. The fourth-order valence-corrected chi connectivity index (χ4v) is 6.95. The third-order valence-electron chi connectivity index (χ3n) is 8.67. The number of allylic oxidation sites excluding steroid dienone is 4. The van der Waals surface area contributed by atoms with Gasteiger partial charge in [-0.15, -0.1) is 0 Å². The van der Waals surface area contributed by atoms with Crippen LogP contribution in [0, 0.1) is 0 Å². The van der Waals surface area contributed by atoms with Crippen LogP contribution in [0.25, 0.3) is 50.1 Å². The van der Waals surface area contributed by atoms with Crippen molar-refractivity contribution in [1.82, 2.24) is 0 Å². The van der Waals surface area contributed by atoms with E-state index in [0.717, 1.165) is 25.7 Å². The SMILES string of the molecule is CCc1cc2c(c(-c3ccccc3)c1)-c1c(c(C3=CC=CC3)c(CC)c(-c3ccccc3)c1-c1ccccc1)C2. The van der Waals surface area contributed by atoms with Gasteiger partial charge in [0.05, 0.1) is 0 Å². The number of fused-ring (bicyclic) bond motifs is 3. The monoisotopic (exact) mass is 514 g/mol. The van der Waals surface area contributed by atoms with Crippen LogP contribution in [0.5, 0.6) is 0 Å². The number of aryl methyl sites for hydroxylation is 1. The summed E-state index contributed by atoms with van der Waals surface area (Å²) in [5, 5.41) is 0. The highest BCUT2D eigenvalue weighted by molar-refractivity contribution is 6.06. The minimum atomic E-state index is 0.979. The van der Waals surface area contributed by atoms with Gasteiger partial charge in [-0.2, -0.15) is 0 Å². The molecular weight excluding hydrogens is 480 g/mol. The second kappa shape index (κ2) is 10.3. The molecule has 0 saturated heterocycles. The summed E-state index contributed by atoms with van der Waals surface area (Å²) >= 11 is 0. The Bertz CT molecular complexity index is 1770. The average Bonchev–Trinajstić information content (AvgIpc) is 3.69. The predicted molar refractivity (Wildman–Crippen MR) is 171 cm³/mol. The van der Waals surface area contributed by atoms with Crippen LogP contribution in [-0.2, 0) is 19.3 Å². The van der Waals surface area contributed by atoms with Crippen molar-refractivity contribution in [3.05, 3.63) is 149 Å². The summed E-state index contributed by atoms with van der Waals surface area (Å²) < 4.78 is 0. The molecule has 5 aromatic rings. The zero-order chi connectivity index (χ0) is 27.1. The largest absolute Gasteiger partial charge is 0.0801 e. The molecule has 0 saturated carbocycles. The molecule has 0 nitrogen and oxygen atoms in total. The van der Waals surface area contributed by atoms with E-state index in [-0.39, 0.29) is 0 Å². The van der Waals surface area contributed by atoms with Crippen LogP contribution >= 0.6 is 0 Å². The normalized spacial score (nSPS) is 13.3. The van der Waals surface area contributed by atoms with E-state index in [1.807, 2.05) is 0 Å². The van der Waals surface area contributed by atoms with Crippen molar-refractivity contribution in [2.45, 2.75) is 39.5 Å². The average molecular weight is 515 g/mol. The van der Waals surface area contributed by atoms with Crippen molar-refractivity contribution in [2.75, 3.05) is 0 Å². The van der Waals surface area contributed by atoms with Gasteiger partial charge in [-0.1, -0.05) is 135 Å². The van der Waals surface area contributed by atoms with Crippen LogP contribution in [0.3, 0.4) is 0 Å². The molecule has 0 N–H and O–H groups in total. The quantitative estimate of drug-likeness (QED) is 0.207. The third-order valence-corrected chi connectivity index (χ3v) is 8.67. The molecular formula is C40H34. The van der Waals surface area contributed by atoms with Gasteiger partial charge in [0.1, 0.15) is 0 Å². The van der Waals surface area contributed by atoms with Crippen LogP contribution in [0.2, 0.25) is 0 Å². The highest BCUT2D eigenvalue weighted by Gasteiger charge is 2.33. The summed E-state index contributed by atoms with van der Waals surface area (Å²) in [5.41, 5.74) is 19.7. The standard InChI is InChI=1S/C40H34/c1-3-27-24-32-26-35-36(29-22-14-15-23-29)33(4-2)37(30-18-10-6-11-19-30)39(31-20-12-7-13-21-31)40(35)38(32)34(25-27)28-16-8-5-9-17-28/h5-22,24-25H,3-4,23,26H2,1-2H3. The Hall–Kier alpha value is -4.42. The van der Waals surface area contributed by atoms with Crippen LogP contribution in [0.1, 0.15) is 48.1 Å². The molecule has 0 heterocycles. The van der Waals surface area contributed by atoms with Crippen molar-refractivity contribution < 1.29 is 0 Å². The minimum Gasteiger partial charge on any atom is -0.0801 e. The van der Waals surface area contributed by atoms with Crippen molar-refractivity contribution >= 4 is 5.57 Å². The van der Waals surface area contributed by atoms with E-state index in [0.29, 0.717) is 0 Å². The summed E-state index contributed by atoms with van der Waals surface area (Å²) in [6.07, 6.45) is 10.9. The first-order chi connectivity index (χ1) is 19.8. The predicted octanol–water partition coefficient (Wildman–Crippen LogP) is 10.7. The molecule has 0 bridgehead atoms. The molecule has 0 amide bonds. The lowest BCUT2D eigenvalue weighted by atomic mass is 9.77. The molecule has 2 aliphatic carbocycles. The molecule has 0 heteroatoms. The maximum absolute atomic E-state index is 2.48.